The molecule has 0 N–H and O–H groups in total. The molecule has 0 unspecified atom stereocenters. The Morgan fingerprint density at radius 1 is 0.500 bits per heavy atom. The topological polar surface area (TPSA) is 4.93 Å². The lowest BCUT2D eigenvalue weighted by Gasteiger charge is -2.14. The fourth-order valence-corrected chi connectivity index (χ4v) is 8.86. The van der Waals surface area contributed by atoms with Crippen LogP contribution in [-0.4, -0.2) is 4.57 Å². The van der Waals surface area contributed by atoms with Crippen LogP contribution in [0, 0.1) is 6.92 Å². The molecule has 0 spiro atoms. The van der Waals surface area contributed by atoms with Gasteiger partial charge in [-0.2, -0.15) is 0 Å². The first-order chi connectivity index (χ1) is 29.5. The van der Waals surface area contributed by atoms with Gasteiger partial charge in [0.1, 0.15) is 0 Å². The molecule has 0 aliphatic heterocycles. The Morgan fingerprint density at radius 3 is 1.68 bits per heavy atom. The highest BCUT2D eigenvalue weighted by atomic mass is 15.0. The van der Waals surface area contributed by atoms with Gasteiger partial charge in [-0.15, -0.1) is 0 Å². The van der Waals surface area contributed by atoms with Crippen LogP contribution in [0.15, 0.2) is 212 Å². The third-order valence-electron chi connectivity index (χ3n) is 12.0. The number of fused-ring (bicyclic) bond motifs is 9. The maximum atomic E-state index is 4.06. The second-order valence-electron chi connectivity index (χ2n) is 15.7. The van der Waals surface area contributed by atoms with Gasteiger partial charge in [0.2, 0.25) is 0 Å². The van der Waals surface area contributed by atoms with Gasteiger partial charge in [0.25, 0.3) is 0 Å². The highest BCUT2D eigenvalue weighted by Crippen LogP contribution is 2.39. The van der Waals surface area contributed by atoms with Gasteiger partial charge in [-0.05, 0) is 146 Å². The molecule has 10 rings (SSSR count). The Morgan fingerprint density at radius 2 is 1.03 bits per heavy atom. The largest absolute Gasteiger partial charge is 0.309 e. The van der Waals surface area contributed by atoms with Gasteiger partial charge >= 0.3 is 0 Å². The predicted octanol–water partition coefficient (Wildman–Crippen LogP) is 16.7. The smallest absolute Gasteiger partial charge is 0.0547 e. The monoisotopic (exact) mass is 771 g/mol. The molecule has 1 heteroatoms. The summed E-state index contributed by atoms with van der Waals surface area (Å²) in [6.07, 6.45) is 7.38. The summed E-state index contributed by atoms with van der Waals surface area (Å²) in [4.78, 5) is 0. The van der Waals surface area contributed by atoms with Crippen LogP contribution in [-0.2, 0) is 6.42 Å². The van der Waals surface area contributed by atoms with Gasteiger partial charge < -0.3 is 4.57 Å². The minimum atomic E-state index is 1.14. The first-order valence-electron chi connectivity index (χ1n) is 21.1. The number of nitrogens with zero attached hydrogens (tertiary/aromatic N) is 1. The molecule has 10 aromatic rings. The zero-order valence-corrected chi connectivity index (χ0v) is 34.9. The molecule has 290 valence electrons. The van der Waals surface area contributed by atoms with E-state index >= 15 is 0 Å². The first kappa shape index (κ1) is 38.3. The molecule has 9 aromatic carbocycles. The Kier molecular flexibility index (Phi) is 10.6. The minimum Gasteiger partial charge on any atom is -0.309 e. The Bertz CT molecular complexity index is 3250. The van der Waals surface area contributed by atoms with Crippen molar-refractivity contribution in [2.75, 3.05) is 0 Å². The molecule has 0 aliphatic carbocycles. The average Bonchev–Trinajstić information content (AvgIpc) is 3.65. The minimum absolute atomic E-state index is 1.14. The molecule has 0 saturated carbocycles. The summed E-state index contributed by atoms with van der Waals surface area (Å²) in [5.41, 5.74) is 14.6. The van der Waals surface area contributed by atoms with Crippen molar-refractivity contribution in [1.29, 1.82) is 0 Å². The van der Waals surface area contributed by atoms with E-state index in [1.165, 1.54) is 104 Å². The third-order valence-corrected chi connectivity index (χ3v) is 12.0. The standard InChI is InChI=1S/C51H39N.C8H10/c1-5-14-40(33(3)6-2)48-30-36(24-23-34(48)4)38-26-28-47-46-21-11-12-22-50(46)52(51(47)32-38)39-16-13-15-35(29-39)37-25-27-45-43-19-8-7-17-41(43)42-18-9-10-20-44(42)49(45)31-37;1-2-8-6-4-3-5-7-8/h5-32H,2H2,1,3-4H3;3-7H,2H2,1H3/b14-5-,40-33+;. The van der Waals surface area contributed by atoms with E-state index < -0.39 is 0 Å². The Labute approximate surface area is 353 Å². The van der Waals surface area contributed by atoms with Crippen LogP contribution in [0.5, 0.6) is 0 Å². The van der Waals surface area contributed by atoms with Crippen molar-refractivity contribution >= 4 is 59.7 Å². The SMILES string of the molecule is C=C/C(C)=C(\C=C/C)c1cc(-c2ccc3c4ccccc4n(-c4cccc(-c5ccc6c7ccccc7c7ccccc7c6c5)c4)c3c2)ccc1C.CCc1ccccc1. The van der Waals surface area contributed by atoms with Gasteiger partial charge in [0.15, 0.2) is 0 Å². The van der Waals surface area contributed by atoms with E-state index in [0.717, 1.165) is 12.1 Å². The number of aromatic nitrogens is 1. The molecule has 60 heavy (non-hydrogen) atoms. The summed E-state index contributed by atoms with van der Waals surface area (Å²) in [6, 6.07) is 66.5. The highest BCUT2D eigenvalue weighted by Gasteiger charge is 2.16. The quantitative estimate of drug-likeness (QED) is 0.112. The molecular formula is C59H49N. The van der Waals surface area contributed by atoms with Crippen LogP contribution in [0.3, 0.4) is 0 Å². The fourth-order valence-electron chi connectivity index (χ4n) is 8.86. The van der Waals surface area contributed by atoms with E-state index in [0.29, 0.717) is 0 Å². The number of benzene rings is 9. The highest BCUT2D eigenvalue weighted by molar-refractivity contribution is 6.25. The second kappa shape index (κ2) is 16.6. The zero-order chi connectivity index (χ0) is 41.2. The predicted molar refractivity (Wildman–Crippen MR) is 262 cm³/mol. The molecule has 0 amide bonds. The molecule has 0 radical (unpaired) electrons. The van der Waals surface area contributed by atoms with Crippen molar-refractivity contribution in [1.82, 2.24) is 4.57 Å². The van der Waals surface area contributed by atoms with E-state index in [1.807, 2.05) is 12.1 Å². The van der Waals surface area contributed by atoms with Crippen molar-refractivity contribution in [2.24, 2.45) is 0 Å². The van der Waals surface area contributed by atoms with Crippen LogP contribution in [0.25, 0.3) is 87.6 Å². The van der Waals surface area contributed by atoms with Gasteiger partial charge in [0.05, 0.1) is 11.0 Å². The third kappa shape index (κ3) is 7.03. The number of aryl methyl sites for hydroxylation is 2. The molecule has 0 saturated heterocycles. The normalized spacial score (nSPS) is 12.0. The van der Waals surface area contributed by atoms with E-state index in [9.17, 15) is 0 Å². The van der Waals surface area contributed by atoms with Crippen LogP contribution >= 0.6 is 0 Å². The molecule has 1 aromatic heterocycles. The maximum absolute atomic E-state index is 4.06. The van der Waals surface area contributed by atoms with Crippen molar-refractivity contribution in [3.63, 3.8) is 0 Å². The molecule has 0 atom stereocenters. The average molecular weight is 772 g/mol. The van der Waals surface area contributed by atoms with Crippen LogP contribution in [0.1, 0.15) is 37.5 Å². The summed E-state index contributed by atoms with van der Waals surface area (Å²) >= 11 is 0. The van der Waals surface area contributed by atoms with E-state index in [2.05, 4.69) is 227 Å². The molecule has 0 fully saturated rings. The van der Waals surface area contributed by atoms with Gasteiger partial charge in [-0.25, -0.2) is 0 Å². The van der Waals surface area contributed by atoms with Crippen molar-refractivity contribution in [3.05, 3.63) is 229 Å². The van der Waals surface area contributed by atoms with E-state index in [4.69, 9.17) is 0 Å². The lowest BCUT2D eigenvalue weighted by molar-refractivity contribution is 1.14. The summed E-state index contributed by atoms with van der Waals surface area (Å²) in [6.45, 7) is 12.6. The zero-order valence-electron chi connectivity index (χ0n) is 34.9. The first-order valence-corrected chi connectivity index (χ1v) is 21.1. The number of hydrogen-bond donors (Lipinski definition) is 0. The number of hydrogen-bond acceptors (Lipinski definition) is 0. The number of para-hydroxylation sites is 1. The van der Waals surface area contributed by atoms with Crippen molar-refractivity contribution < 1.29 is 0 Å². The summed E-state index contributed by atoms with van der Waals surface area (Å²) in [7, 11) is 0. The van der Waals surface area contributed by atoms with E-state index in [1.54, 1.807) is 0 Å². The fraction of sp³-hybridized carbons (Fsp3) is 0.0847. The van der Waals surface area contributed by atoms with Gasteiger partial charge in [0, 0.05) is 16.5 Å². The number of allylic oxidation sites excluding steroid dienone is 5. The van der Waals surface area contributed by atoms with Crippen LogP contribution in [0.2, 0.25) is 0 Å². The van der Waals surface area contributed by atoms with Gasteiger partial charge in [-0.1, -0.05) is 177 Å². The van der Waals surface area contributed by atoms with Crippen molar-refractivity contribution in [2.45, 2.75) is 34.1 Å². The molecule has 1 heterocycles. The lowest BCUT2D eigenvalue weighted by atomic mass is 9.92. The molecule has 0 bridgehead atoms. The van der Waals surface area contributed by atoms with Crippen molar-refractivity contribution in [3.8, 4) is 27.9 Å². The molecular weight excluding hydrogens is 723 g/mol. The number of rotatable bonds is 7. The summed E-state index contributed by atoms with van der Waals surface area (Å²) in [5.74, 6) is 0. The lowest BCUT2D eigenvalue weighted by Crippen LogP contribution is -1.95. The van der Waals surface area contributed by atoms with Gasteiger partial charge in [-0.3, -0.25) is 0 Å². The Hall–Kier alpha value is -7.22. The Balaban J connectivity index is 0.000000520. The summed E-state index contributed by atoms with van der Waals surface area (Å²) in [5, 5.41) is 10.3. The van der Waals surface area contributed by atoms with Crippen LogP contribution in [0.4, 0.5) is 0 Å². The second-order valence-corrected chi connectivity index (χ2v) is 15.7. The van der Waals surface area contributed by atoms with Crippen LogP contribution < -0.4 is 0 Å². The molecule has 0 aliphatic rings. The molecule has 1 nitrogen and oxygen atoms in total. The summed E-state index contributed by atoms with van der Waals surface area (Å²) < 4.78 is 2.43. The van der Waals surface area contributed by atoms with E-state index in [-0.39, 0.29) is 0 Å². The maximum Gasteiger partial charge on any atom is 0.0547 e.